The SMILES string of the molecule is COc1cc(NC[C@@H]2CCO[C@@H]2c2ncn[nH]2)ncn1. The van der Waals surface area contributed by atoms with E-state index in [1.165, 1.54) is 12.7 Å². The first-order valence-corrected chi connectivity index (χ1v) is 6.43. The minimum atomic E-state index is -0.0475. The Labute approximate surface area is 116 Å². The first-order valence-electron chi connectivity index (χ1n) is 6.43. The number of H-pyrrole nitrogens is 1. The van der Waals surface area contributed by atoms with Gasteiger partial charge in [-0.1, -0.05) is 0 Å². The summed E-state index contributed by atoms with van der Waals surface area (Å²) in [5, 5.41) is 10.0. The van der Waals surface area contributed by atoms with E-state index in [0.29, 0.717) is 11.8 Å². The lowest BCUT2D eigenvalue weighted by molar-refractivity contribution is 0.0864. The number of anilines is 1. The Balaban J connectivity index is 1.62. The number of ether oxygens (including phenoxy) is 2. The molecule has 1 aliphatic rings. The van der Waals surface area contributed by atoms with Crippen molar-refractivity contribution in [2.75, 3.05) is 25.6 Å². The fourth-order valence-corrected chi connectivity index (χ4v) is 2.28. The van der Waals surface area contributed by atoms with Gasteiger partial charge in [-0.15, -0.1) is 0 Å². The van der Waals surface area contributed by atoms with Gasteiger partial charge in [-0.2, -0.15) is 5.10 Å². The summed E-state index contributed by atoms with van der Waals surface area (Å²) in [6.07, 6.45) is 3.89. The summed E-state index contributed by atoms with van der Waals surface area (Å²) in [5.74, 6) is 2.37. The largest absolute Gasteiger partial charge is 0.481 e. The molecule has 2 N–H and O–H groups in total. The molecule has 2 aromatic heterocycles. The second kappa shape index (κ2) is 5.83. The molecule has 1 aliphatic heterocycles. The van der Waals surface area contributed by atoms with Crippen LogP contribution in [0.4, 0.5) is 5.82 Å². The lowest BCUT2D eigenvalue weighted by atomic mass is 10.0. The van der Waals surface area contributed by atoms with Gasteiger partial charge >= 0.3 is 0 Å². The van der Waals surface area contributed by atoms with Gasteiger partial charge in [-0.05, 0) is 6.42 Å². The van der Waals surface area contributed by atoms with Crippen LogP contribution < -0.4 is 10.1 Å². The topological polar surface area (TPSA) is 97.8 Å². The molecule has 1 saturated heterocycles. The lowest BCUT2D eigenvalue weighted by Gasteiger charge is -2.17. The van der Waals surface area contributed by atoms with Crippen molar-refractivity contribution in [3.8, 4) is 5.88 Å². The van der Waals surface area contributed by atoms with Gasteiger partial charge in [0.05, 0.1) is 7.11 Å². The van der Waals surface area contributed by atoms with Gasteiger partial charge in [0.1, 0.15) is 24.6 Å². The Hall–Kier alpha value is -2.22. The van der Waals surface area contributed by atoms with E-state index in [-0.39, 0.29) is 6.10 Å². The van der Waals surface area contributed by atoms with Gasteiger partial charge < -0.3 is 14.8 Å². The van der Waals surface area contributed by atoms with Gasteiger partial charge in [-0.3, -0.25) is 5.10 Å². The molecule has 0 unspecified atom stereocenters. The molecule has 0 aromatic carbocycles. The van der Waals surface area contributed by atoms with E-state index in [1.54, 1.807) is 13.2 Å². The fraction of sp³-hybridized carbons (Fsp3) is 0.500. The standard InChI is InChI=1S/C12H16N6O2/c1-19-10-4-9(14-6-15-10)13-5-8-2-3-20-11(8)12-16-7-17-18-12/h4,6-8,11H,2-3,5H2,1H3,(H,13,14,15)(H,16,17,18)/t8-,11-/m0/s1. The van der Waals surface area contributed by atoms with Crippen LogP contribution in [0.1, 0.15) is 18.3 Å². The number of rotatable bonds is 5. The molecule has 0 bridgehead atoms. The van der Waals surface area contributed by atoms with E-state index in [2.05, 4.69) is 30.5 Å². The molecule has 8 nitrogen and oxygen atoms in total. The van der Waals surface area contributed by atoms with Gasteiger partial charge in [0.2, 0.25) is 5.88 Å². The summed E-state index contributed by atoms with van der Waals surface area (Å²) in [6, 6.07) is 1.76. The van der Waals surface area contributed by atoms with Crippen molar-refractivity contribution < 1.29 is 9.47 Å². The second-order valence-corrected chi connectivity index (χ2v) is 4.54. The number of aromatic nitrogens is 5. The van der Waals surface area contributed by atoms with Crippen LogP contribution >= 0.6 is 0 Å². The zero-order valence-electron chi connectivity index (χ0n) is 11.1. The summed E-state index contributed by atoms with van der Waals surface area (Å²) in [7, 11) is 1.58. The molecule has 2 atom stereocenters. The summed E-state index contributed by atoms with van der Waals surface area (Å²) in [5.41, 5.74) is 0. The normalized spacial score (nSPS) is 21.9. The highest BCUT2D eigenvalue weighted by molar-refractivity contribution is 5.37. The zero-order valence-corrected chi connectivity index (χ0v) is 11.1. The monoisotopic (exact) mass is 276 g/mol. The Morgan fingerprint density at radius 2 is 2.35 bits per heavy atom. The first kappa shape index (κ1) is 12.8. The van der Waals surface area contributed by atoms with Crippen LogP contribution in [0.15, 0.2) is 18.7 Å². The first-order chi connectivity index (χ1) is 9.86. The summed E-state index contributed by atoms with van der Waals surface area (Å²) in [4.78, 5) is 12.3. The van der Waals surface area contributed by atoms with Crippen molar-refractivity contribution in [2.24, 2.45) is 5.92 Å². The molecule has 0 radical (unpaired) electrons. The summed E-state index contributed by atoms with van der Waals surface area (Å²) < 4.78 is 10.8. The number of nitrogens with zero attached hydrogens (tertiary/aromatic N) is 4. The van der Waals surface area contributed by atoms with Crippen molar-refractivity contribution in [2.45, 2.75) is 12.5 Å². The number of methoxy groups -OCH3 is 1. The van der Waals surface area contributed by atoms with Crippen molar-refractivity contribution in [1.29, 1.82) is 0 Å². The average molecular weight is 276 g/mol. The number of hydrogen-bond acceptors (Lipinski definition) is 7. The quantitative estimate of drug-likeness (QED) is 0.833. The number of nitrogens with one attached hydrogen (secondary N) is 2. The van der Waals surface area contributed by atoms with Gasteiger partial charge in [-0.25, -0.2) is 15.0 Å². The molecular weight excluding hydrogens is 260 g/mol. The van der Waals surface area contributed by atoms with E-state index in [0.717, 1.165) is 31.2 Å². The predicted molar refractivity (Wildman–Crippen MR) is 70.3 cm³/mol. The van der Waals surface area contributed by atoms with Gasteiger partial charge in [0, 0.05) is 25.1 Å². The van der Waals surface area contributed by atoms with Crippen LogP contribution in [-0.4, -0.2) is 45.4 Å². The summed E-state index contributed by atoms with van der Waals surface area (Å²) in [6.45, 7) is 1.47. The van der Waals surface area contributed by atoms with E-state index in [9.17, 15) is 0 Å². The maximum atomic E-state index is 5.71. The van der Waals surface area contributed by atoms with E-state index >= 15 is 0 Å². The third-order valence-electron chi connectivity index (χ3n) is 3.31. The zero-order chi connectivity index (χ0) is 13.8. The fourth-order valence-electron chi connectivity index (χ4n) is 2.28. The summed E-state index contributed by atoms with van der Waals surface area (Å²) >= 11 is 0. The molecule has 3 heterocycles. The van der Waals surface area contributed by atoms with Gasteiger partial charge in [0.15, 0.2) is 5.82 Å². The highest BCUT2D eigenvalue weighted by Crippen LogP contribution is 2.32. The Morgan fingerprint density at radius 1 is 1.40 bits per heavy atom. The molecule has 3 rings (SSSR count). The number of aromatic amines is 1. The van der Waals surface area contributed by atoms with E-state index < -0.39 is 0 Å². The molecule has 0 aliphatic carbocycles. The van der Waals surface area contributed by atoms with Crippen molar-refractivity contribution in [1.82, 2.24) is 25.1 Å². The van der Waals surface area contributed by atoms with Crippen LogP contribution in [0.3, 0.4) is 0 Å². The average Bonchev–Trinajstić information content (AvgIpc) is 3.16. The van der Waals surface area contributed by atoms with E-state index in [1.807, 2.05) is 0 Å². The molecule has 106 valence electrons. The minimum Gasteiger partial charge on any atom is -0.481 e. The van der Waals surface area contributed by atoms with Crippen molar-refractivity contribution >= 4 is 5.82 Å². The molecule has 2 aromatic rings. The van der Waals surface area contributed by atoms with Crippen LogP contribution in [0, 0.1) is 5.92 Å². The second-order valence-electron chi connectivity index (χ2n) is 4.54. The molecule has 0 spiro atoms. The lowest BCUT2D eigenvalue weighted by Crippen LogP contribution is -2.19. The van der Waals surface area contributed by atoms with Crippen molar-refractivity contribution in [3.05, 3.63) is 24.5 Å². The van der Waals surface area contributed by atoms with Crippen LogP contribution in [0.2, 0.25) is 0 Å². The van der Waals surface area contributed by atoms with Crippen molar-refractivity contribution in [3.63, 3.8) is 0 Å². The number of hydrogen-bond donors (Lipinski definition) is 2. The van der Waals surface area contributed by atoms with E-state index in [4.69, 9.17) is 9.47 Å². The highest BCUT2D eigenvalue weighted by atomic mass is 16.5. The maximum Gasteiger partial charge on any atom is 0.218 e. The Bertz CT molecular complexity index is 547. The smallest absolute Gasteiger partial charge is 0.218 e. The molecule has 0 amide bonds. The highest BCUT2D eigenvalue weighted by Gasteiger charge is 2.31. The molecule has 0 saturated carbocycles. The molecule has 1 fully saturated rings. The molecule has 20 heavy (non-hydrogen) atoms. The minimum absolute atomic E-state index is 0.0475. The molecular formula is C12H16N6O2. The maximum absolute atomic E-state index is 5.71. The van der Waals surface area contributed by atoms with Crippen LogP contribution in [0.5, 0.6) is 5.88 Å². The Kier molecular flexibility index (Phi) is 3.73. The molecule has 8 heteroatoms. The van der Waals surface area contributed by atoms with Crippen LogP contribution in [0.25, 0.3) is 0 Å². The van der Waals surface area contributed by atoms with Gasteiger partial charge in [0.25, 0.3) is 0 Å². The predicted octanol–water partition coefficient (Wildman–Crippen LogP) is 0.793. The third kappa shape index (κ3) is 2.69. The third-order valence-corrected chi connectivity index (χ3v) is 3.31. The Morgan fingerprint density at radius 3 is 3.15 bits per heavy atom. The van der Waals surface area contributed by atoms with Crippen LogP contribution in [-0.2, 0) is 4.74 Å².